The van der Waals surface area contributed by atoms with Crippen LogP contribution in [0.25, 0.3) is 0 Å². The van der Waals surface area contributed by atoms with Crippen LogP contribution < -0.4 is 0 Å². The summed E-state index contributed by atoms with van der Waals surface area (Å²) in [4.78, 5) is 4.39. The van der Waals surface area contributed by atoms with Gasteiger partial charge in [0, 0.05) is 57.0 Å². The number of aliphatic hydroxyl groups is 1. The summed E-state index contributed by atoms with van der Waals surface area (Å²) in [6.07, 6.45) is 0.615. The molecule has 0 aromatic heterocycles. The van der Waals surface area contributed by atoms with Gasteiger partial charge in [0.1, 0.15) is 17.5 Å². The lowest BCUT2D eigenvalue weighted by Gasteiger charge is -2.41. The number of nitrogens with zero attached hydrogens (tertiary/aromatic N) is 2. The second-order valence-electron chi connectivity index (χ2n) is 6.73. The van der Waals surface area contributed by atoms with Crippen molar-refractivity contribution in [2.45, 2.75) is 25.6 Å². The Labute approximate surface area is 151 Å². The molecule has 0 saturated carbocycles. The second-order valence-corrected chi connectivity index (χ2v) is 6.73. The molecule has 3 rings (SSSR count). The average molecular weight is 364 g/mol. The van der Waals surface area contributed by atoms with E-state index < -0.39 is 11.6 Å². The molecule has 1 aliphatic rings. The number of hydrogen-bond acceptors (Lipinski definition) is 3. The number of rotatable bonds is 6. The second kappa shape index (κ2) is 8.66. The Kier molecular flexibility index (Phi) is 6.29. The summed E-state index contributed by atoms with van der Waals surface area (Å²) in [7, 11) is 0. The highest BCUT2D eigenvalue weighted by Crippen LogP contribution is 2.20. The molecular weight excluding hydrogens is 341 g/mol. The maximum Gasteiger partial charge on any atom is 0.130 e. The third-order valence-corrected chi connectivity index (χ3v) is 4.86. The molecule has 1 fully saturated rings. The van der Waals surface area contributed by atoms with Crippen molar-refractivity contribution < 1.29 is 18.3 Å². The van der Waals surface area contributed by atoms with Crippen molar-refractivity contribution in [2.75, 3.05) is 26.2 Å². The van der Waals surface area contributed by atoms with Gasteiger partial charge in [0.05, 0.1) is 0 Å². The molecule has 0 aliphatic carbocycles. The highest BCUT2D eigenvalue weighted by molar-refractivity contribution is 5.19. The molecule has 1 saturated heterocycles. The van der Waals surface area contributed by atoms with E-state index in [1.807, 2.05) is 0 Å². The van der Waals surface area contributed by atoms with Gasteiger partial charge in [-0.25, -0.2) is 13.2 Å². The molecular formula is C20H23F3N2O. The van der Waals surface area contributed by atoms with Gasteiger partial charge in [0.25, 0.3) is 0 Å². The highest BCUT2D eigenvalue weighted by atomic mass is 19.1. The van der Waals surface area contributed by atoms with Crippen LogP contribution in [0.1, 0.15) is 17.5 Å². The minimum absolute atomic E-state index is 0.0728. The third kappa shape index (κ3) is 4.84. The molecule has 0 unspecified atom stereocenters. The van der Waals surface area contributed by atoms with Crippen LogP contribution in [0.5, 0.6) is 0 Å². The molecule has 140 valence electrons. The van der Waals surface area contributed by atoms with Crippen LogP contribution in [-0.2, 0) is 13.1 Å². The van der Waals surface area contributed by atoms with Crippen molar-refractivity contribution in [2.24, 2.45) is 0 Å². The molecule has 3 nitrogen and oxygen atoms in total. The lowest BCUT2D eigenvalue weighted by molar-refractivity contribution is 0.0494. The zero-order chi connectivity index (χ0) is 18.5. The Hall–Kier alpha value is -1.89. The molecule has 0 amide bonds. The summed E-state index contributed by atoms with van der Waals surface area (Å²) in [6.45, 7) is 3.38. The summed E-state index contributed by atoms with van der Waals surface area (Å²) in [5.41, 5.74) is 1.49. The largest absolute Gasteiger partial charge is 0.396 e. The molecule has 2 aromatic rings. The fraction of sp³-hybridized carbons (Fsp3) is 0.400. The first kappa shape index (κ1) is 18.9. The van der Waals surface area contributed by atoms with Gasteiger partial charge in [-0.3, -0.25) is 9.80 Å². The van der Waals surface area contributed by atoms with Gasteiger partial charge in [0.2, 0.25) is 0 Å². The van der Waals surface area contributed by atoms with Gasteiger partial charge in [-0.05, 0) is 30.2 Å². The third-order valence-electron chi connectivity index (χ3n) is 4.86. The van der Waals surface area contributed by atoms with Crippen LogP contribution in [0.2, 0.25) is 0 Å². The van der Waals surface area contributed by atoms with Crippen molar-refractivity contribution in [1.29, 1.82) is 0 Å². The first-order chi connectivity index (χ1) is 12.5. The number of benzene rings is 2. The zero-order valence-electron chi connectivity index (χ0n) is 14.5. The van der Waals surface area contributed by atoms with Gasteiger partial charge < -0.3 is 5.11 Å². The number of piperazine rings is 1. The Morgan fingerprint density at radius 1 is 0.923 bits per heavy atom. The first-order valence-electron chi connectivity index (χ1n) is 8.81. The monoisotopic (exact) mass is 364 g/mol. The van der Waals surface area contributed by atoms with Gasteiger partial charge in [-0.2, -0.15) is 0 Å². The number of hydrogen-bond donors (Lipinski definition) is 1. The van der Waals surface area contributed by atoms with E-state index in [0.29, 0.717) is 31.6 Å². The van der Waals surface area contributed by atoms with Crippen molar-refractivity contribution in [3.05, 3.63) is 71.0 Å². The lowest BCUT2D eigenvalue weighted by atomic mass is 10.1. The number of aliphatic hydroxyl groups excluding tert-OH is 1. The normalized spacial score (nSPS) is 19.0. The van der Waals surface area contributed by atoms with E-state index in [1.54, 1.807) is 12.1 Å². The molecule has 0 radical (unpaired) electrons. The minimum Gasteiger partial charge on any atom is -0.396 e. The summed E-state index contributed by atoms with van der Waals surface area (Å²) in [5.74, 6) is -1.36. The smallest absolute Gasteiger partial charge is 0.130 e. The Balaban J connectivity index is 1.64. The standard InChI is InChI=1S/C20H23F3N2O/c21-17-4-1-15(2-5-17)12-25-9-8-24(14-19(25)7-10-26)13-16-3-6-18(22)11-20(16)23/h1-6,11,19,26H,7-10,12-14H2/t19-/m1/s1. The molecule has 1 atom stereocenters. The van der Waals surface area contributed by atoms with E-state index >= 15 is 0 Å². The van der Waals surface area contributed by atoms with Crippen molar-refractivity contribution in [3.8, 4) is 0 Å². The van der Waals surface area contributed by atoms with Crippen LogP contribution in [0.4, 0.5) is 13.2 Å². The maximum atomic E-state index is 13.9. The van der Waals surface area contributed by atoms with Crippen molar-refractivity contribution >= 4 is 0 Å². The van der Waals surface area contributed by atoms with Gasteiger partial charge >= 0.3 is 0 Å². The maximum absolute atomic E-state index is 13.9. The van der Waals surface area contributed by atoms with Crippen LogP contribution in [-0.4, -0.2) is 47.2 Å². The quantitative estimate of drug-likeness (QED) is 0.853. The highest BCUT2D eigenvalue weighted by Gasteiger charge is 2.27. The van der Waals surface area contributed by atoms with E-state index in [-0.39, 0.29) is 18.5 Å². The van der Waals surface area contributed by atoms with E-state index in [1.165, 1.54) is 24.3 Å². The van der Waals surface area contributed by atoms with Crippen LogP contribution in [0, 0.1) is 17.5 Å². The molecule has 2 aromatic carbocycles. The molecule has 1 heterocycles. The van der Waals surface area contributed by atoms with Crippen LogP contribution >= 0.6 is 0 Å². The van der Waals surface area contributed by atoms with E-state index in [9.17, 15) is 18.3 Å². The van der Waals surface area contributed by atoms with Gasteiger partial charge in [0.15, 0.2) is 0 Å². The van der Waals surface area contributed by atoms with Gasteiger partial charge in [-0.1, -0.05) is 18.2 Å². The van der Waals surface area contributed by atoms with Crippen molar-refractivity contribution in [3.63, 3.8) is 0 Å². The zero-order valence-corrected chi connectivity index (χ0v) is 14.5. The molecule has 1 aliphatic heterocycles. The minimum atomic E-state index is -0.575. The van der Waals surface area contributed by atoms with Crippen LogP contribution in [0.15, 0.2) is 42.5 Å². The van der Waals surface area contributed by atoms with Crippen LogP contribution in [0.3, 0.4) is 0 Å². The summed E-state index contributed by atoms with van der Waals surface area (Å²) in [6, 6.07) is 10.2. The van der Waals surface area contributed by atoms with Gasteiger partial charge in [-0.15, -0.1) is 0 Å². The topological polar surface area (TPSA) is 26.7 Å². The predicted octanol–water partition coefficient (Wildman–Crippen LogP) is 3.17. The SMILES string of the molecule is OCC[C@@H]1CN(Cc2ccc(F)cc2F)CCN1Cc1ccc(F)cc1. The lowest BCUT2D eigenvalue weighted by Crippen LogP contribution is -2.52. The predicted molar refractivity (Wildman–Crippen MR) is 93.9 cm³/mol. The first-order valence-corrected chi connectivity index (χ1v) is 8.81. The van der Waals surface area contributed by atoms with E-state index in [2.05, 4.69) is 9.80 Å². The van der Waals surface area contributed by atoms with Crippen molar-refractivity contribution in [1.82, 2.24) is 9.80 Å². The summed E-state index contributed by atoms with van der Waals surface area (Å²) >= 11 is 0. The van der Waals surface area contributed by atoms with E-state index in [4.69, 9.17) is 0 Å². The van der Waals surface area contributed by atoms with E-state index in [0.717, 1.165) is 24.7 Å². The molecule has 0 bridgehead atoms. The fourth-order valence-corrected chi connectivity index (χ4v) is 3.45. The summed E-state index contributed by atoms with van der Waals surface area (Å²) in [5, 5.41) is 9.39. The molecule has 6 heteroatoms. The Bertz CT molecular complexity index is 723. The Morgan fingerprint density at radius 3 is 2.35 bits per heavy atom. The molecule has 1 N–H and O–H groups in total. The number of halogens is 3. The fourth-order valence-electron chi connectivity index (χ4n) is 3.45. The average Bonchev–Trinajstić information content (AvgIpc) is 2.62. The molecule has 0 spiro atoms. The Morgan fingerprint density at radius 2 is 1.65 bits per heavy atom. The summed E-state index contributed by atoms with van der Waals surface area (Å²) < 4.78 is 40.0. The molecule has 26 heavy (non-hydrogen) atoms.